The van der Waals surface area contributed by atoms with E-state index in [1.54, 1.807) is 37.4 Å². The second-order valence-electron chi connectivity index (χ2n) is 10.7. The van der Waals surface area contributed by atoms with E-state index in [1.165, 1.54) is 6.07 Å². The fourth-order valence-electron chi connectivity index (χ4n) is 6.31. The van der Waals surface area contributed by atoms with Crippen molar-refractivity contribution in [2.24, 2.45) is 0 Å². The summed E-state index contributed by atoms with van der Waals surface area (Å²) in [6, 6.07) is 18.6. The largest absolute Gasteiger partial charge is 0.481 e. The number of aliphatic hydroxyl groups is 1. The molecule has 0 radical (unpaired) electrons. The molecule has 204 valence electrons. The third-order valence-electron chi connectivity index (χ3n) is 8.26. The molecule has 8 heteroatoms. The maximum atomic E-state index is 13.5. The van der Waals surface area contributed by atoms with Crippen LogP contribution in [0.5, 0.6) is 5.75 Å². The zero-order chi connectivity index (χ0) is 28.1. The number of hydrogen-bond donors (Lipinski definition) is 2. The lowest BCUT2D eigenvalue weighted by Gasteiger charge is -2.53. The van der Waals surface area contributed by atoms with Crippen LogP contribution in [0.4, 0.5) is 5.82 Å². The number of nitrogen functional groups attached to an aromatic ring is 1. The predicted octanol–water partition coefficient (Wildman–Crippen LogP) is 4.46. The van der Waals surface area contributed by atoms with E-state index in [4.69, 9.17) is 19.6 Å². The smallest absolute Gasteiger partial charge is 0.336 e. The first-order chi connectivity index (χ1) is 19.3. The molecule has 1 aliphatic heterocycles. The number of allylic oxidation sites excluding steroid dienone is 1. The number of nitrogens with two attached hydrogens (primary N) is 1. The van der Waals surface area contributed by atoms with Crippen LogP contribution in [0.25, 0.3) is 11.0 Å². The number of pyridine rings is 1. The molecule has 2 aliphatic rings. The minimum atomic E-state index is -1.14. The number of benzene rings is 2. The number of anilines is 1. The second-order valence-corrected chi connectivity index (χ2v) is 10.7. The highest BCUT2D eigenvalue weighted by atomic mass is 16.6. The van der Waals surface area contributed by atoms with Gasteiger partial charge in [-0.05, 0) is 54.3 Å². The molecule has 8 nitrogen and oxygen atoms in total. The van der Waals surface area contributed by atoms with Gasteiger partial charge in [0.1, 0.15) is 17.2 Å². The van der Waals surface area contributed by atoms with Gasteiger partial charge in [0, 0.05) is 55.2 Å². The summed E-state index contributed by atoms with van der Waals surface area (Å²) in [6.07, 6.45) is 4.44. The summed E-state index contributed by atoms with van der Waals surface area (Å²) in [6.45, 7) is 3.50. The topological polar surface area (TPSA) is 125 Å². The van der Waals surface area contributed by atoms with Gasteiger partial charge >= 0.3 is 11.6 Å². The number of fused-ring (bicyclic) bond motifs is 3. The molecular formula is C32H30N2O6. The van der Waals surface area contributed by atoms with Gasteiger partial charge in [0.15, 0.2) is 11.2 Å². The molecular weight excluding hydrogens is 508 g/mol. The lowest BCUT2D eigenvalue weighted by molar-refractivity contribution is -0.184. The molecule has 40 heavy (non-hydrogen) atoms. The zero-order valence-electron chi connectivity index (χ0n) is 22.3. The van der Waals surface area contributed by atoms with Gasteiger partial charge in [-0.3, -0.25) is 0 Å². The highest BCUT2D eigenvalue weighted by Crippen LogP contribution is 2.57. The van der Waals surface area contributed by atoms with E-state index >= 15 is 0 Å². The van der Waals surface area contributed by atoms with Crippen molar-refractivity contribution in [2.45, 2.75) is 50.2 Å². The first-order valence-corrected chi connectivity index (χ1v) is 13.3. The Morgan fingerprint density at radius 3 is 2.73 bits per heavy atom. The van der Waals surface area contributed by atoms with Gasteiger partial charge in [-0.15, -0.1) is 0 Å². The number of rotatable bonds is 5. The van der Waals surface area contributed by atoms with Gasteiger partial charge in [0.25, 0.3) is 0 Å². The summed E-state index contributed by atoms with van der Waals surface area (Å²) in [4.78, 5) is 29.9. The van der Waals surface area contributed by atoms with Crippen molar-refractivity contribution in [3.63, 3.8) is 0 Å². The normalized spacial score (nSPS) is 23.5. The minimum absolute atomic E-state index is 0.168. The van der Waals surface area contributed by atoms with Crippen LogP contribution in [0.3, 0.4) is 0 Å². The Morgan fingerprint density at radius 1 is 1.15 bits per heavy atom. The predicted molar refractivity (Wildman–Crippen MR) is 150 cm³/mol. The summed E-state index contributed by atoms with van der Waals surface area (Å²) < 4.78 is 18.9. The maximum absolute atomic E-state index is 13.5. The van der Waals surface area contributed by atoms with Crippen LogP contribution in [0.15, 0.2) is 87.7 Å². The van der Waals surface area contributed by atoms with Crippen LogP contribution >= 0.6 is 0 Å². The Bertz CT molecular complexity index is 1710. The van der Waals surface area contributed by atoms with Crippen molar-refractivity contribution in [3.8, 4) is 5.75 Å². The van der Waals surface area contributed by atoms with Crippen LogP contribution in [0.2, 0.25) is 0 Å². The number of aliphatic hydroxyl groups excluding tert-OH is 1. The van der Waals surface area contributed by atoms with Crippen LogP contribution in [-0.2, 0) is 22.4 Å². The van der Waals surface area contributed by atoms with E-state index in [-0.39, 0.29) is 18.9 Å². The molecule has 1 spiro atoms. The van der Waals surface area contributed by atoms with Gasteiger partial charge in [0.05, 0.1) is 5.92 Å². The lowest BCUT2D eigenvalue weighted by Crippen LogP contribution is -2.65. The van der Waals surface area contributed by atoms with Gasteiger partial charge in [0.2, 0.25) is 0 Å². The lowest BCUT2D eigenvalue weighted by atomic mass is 9.60. The summed E-state index contributed by atoms with van der Waals surface area (Å²) >= 11 is 0. The Balaban J connectivity index is 1.57. The summed E-state index contributed by atoms with van der Waals surface area (Å²) in [5.74, 6) is 0.0914. The van der Waals surface area contributed by atoms with Crippen LogP contribution in [0, 0.1) is 0 Å². The minimum Gasteiger partial charge on any atom is -0.481 e. The van der Waals surface area contributed by atoms with Crippen molar-refractivity contribution in [3.05, 3.63) is 111 Å². The molecule has 3 heterocycles. The Hall–Kier alpha value is -4.43. The number of aromatic nitrogens is 1. The van der Waals surface area contributed by atoms with Crippen molar-refractivity contribution in [1.29, 1.82) is 0 Å². The van der Waals surface area contributed by atoms with E-state index in [0.29, 0.717) is 35.6 Å². The molecule has 0 saturated carbocycles. The molecule has 2 aromatic carbocycles. The van der Waals surface area contributed by atoms with Crippen molar-refractivity contribution >= 4 is 22.8 Å². The van der Waals surface area contributed by atoms with E-state index in [0.717, 1.165) is 27.6 Å². The molecule has 0 fully saturated rings. The highest BCUT2D eigenvalue weighted by molar-refractivity contribution is 5.89. The average Bonchev–Trinajstić information content (AvgIpc) is 3.31. The first kappa shape index (κ1) is 25.8. The number of hydrogen-bond acceptors (Lipinski definition) is 8. The number of ether oxygens (including phenoxy) is 2. The standard InChI is InChI=1S/C32H30N2O6/c1-3-19(12-13-35)30(37)40-31(2)16-21-6-4-5-7-24(21)29(22-8-10-27(33)34-18-22)32(31)17-23-14-20-9-11-28(36)38-25(20)15-26(23)39-32/h3-11,14-15,18,29,35H,12-13,16-17H2,1-2H3,(H2,33,34). The van der Waals surface area contributed by atoms with E-state index in [9.17, 15) is 14.7 Å². The van der Waals surface area contributed by atoms with Crippen molar-refractivity contribution in [1.82, 2.24) is 4.98 Å². The van der Waals surface area contributed by atoms with Gasteiger partial charge in [-0.2, -0.15) is 0 Å². The molecule has 0 bridgehead atoms. The summed E-state index contributed by atoms with van der Waals surface area (Å²) in [5, 5.41) is 10.3. The summed E-state index contributed by atoms with van der Waals surface area (Å²) in [7, 11) is 0. The zero-order valence-corrected chi connectivity index (χ0v) is 22.3. The molecule has 0 saturated heterocycles. The van der Waals surface area contributed by atoms with E-state index in [1.807, 2.05) is 37.3 Å². The molecule has 3 unspecified atom stereocenters. The third kappa shape index (κ3) is 4.07. The first-order valence-electron chi connectivity index (χ1n) is 13.3. The molecule has 1 aliphatic carbocycles. The highest BCUT2D eigenvalue weighted by Gasteiger charge is 2.64. The summed E-state index contributed by atoms with van der Waals surface area (Å²) in [5.41, 5.74) is 7.98. The fraction of sp³-hybridized carbons (Fsp3) is 0.281. The van der Waals surface area contributed by atoms with Gasteiger partial charge in [-0.1, -0.05) is 36.4 Å². The maximum Gasteiger partial charge on any atom is 0.336 e. The SMILES string of the molecule is CC=C(CCO)C(=O)OC1(C)Cc2ccccc2C(c2ccc(N)nc2)C12Cc1cc3ccc(=O)oc3cc1O2. The molecule has 2 aromatic heterocycles. The Morgan fingerprint density at radius 2 is 1.98 bits per heavy atom. The molecule has 4 aromatic rings. The third-order valence-corrected chi connectivity index (χ3v) is 8.26. The van der Waals surface area contributed by atoms with Gasteiger partial charge < -0.3 is 24.7 Å². The van der Waals surface area contributed by atoms with E-state index in [2.05, 4.69) is 11.1 Å². The van der Waals surface area contributed by atoms with Crippen LogP contribution < -0.4 is 16.1 Å². The van der Waals surface area contributed by atoms with Crippen LogP contribution in [-0.4, -0.2) is 33.9 Å². The Labute approximate surface area is 231 Å². The molecule has 3 N–H and O–H groups in total. The molecule has 6 rings (SSSR count). The van der Waals surface area contributed by atoms with E-state index < -0.39 is 22.8 Å². The van der Waals surface area contributed by atoms with Crippen molar-refractivity contribution < 1.29 is 23.8 Å². The number of nitrogens with zero attached hydrogens (tertiary/aromatic N) is 1. The second kappa shape index (κ2) is 9.64. The van der Waals surface area contributed by atoms with Crippen LogP contribution in [0.1, 0.15) is 48.4 Å². The number of carbonyl (C=O) groups is 1. The fourth-order valence-corrected chi connectivity index (χ4v) is 6.31. The number of esters is 1. The monoisotopic (exact) mass is 538 g/mol. The molecule has 0 amide bonds. The van der Waals surface area contributed by atoms with Gasteiger partial charge in [-0.25, -0.2) is 14.6 Å². The molecule has 3 atom stereocenters. The number of carbonyl (C=O) groups excluding carboxylic acids is 1. The quantitative estimate of drug-likeness (QED) is 0.217. The van der Waals surface area contributed by atoms with Crippen molar-refractivity contribution in [2.75, 3.05) is 12.3 Å². The average molecular weight is 539 g/mol. The Kier molecular flexibility index (Phi) is 6.22.